The van der Waals surface area contributed by atoms with Crippen LogP contribution in [-0.2, 0) is 0 Å². The van der Waals surface area contributed by atoms with Crippen molar-refractivity contribution in [3.63, 3.8) is 0 Å². The van der Waals surface area contributed by atoms with Crippen molar-refractivity contribution in [2.75, 3.05) is 7.05 Å². The summed E-state index contributed by atoms with van der Waals surface area (Å²) < 4.78 is 5.81. The van der Waals surface area contributed by atoms with Gasteiger partial charge in [0.15, 0.2) is 5.78 Å². The first-order valence-electron chi connectivity index (χ1n) is 10.3. The fourth-order valence-corrected chi connectivity index (χ4v) is 4.85. The number of carbonyl (C=O) groups is 1. The lowest BCUT2D eigenvalue weighted by Crippen LogP contribution is -2.58. The summed E-state index contributed by atoms with van der Waals surface area (Å²) in [7, 11) is 2.17. The Balaban J connectivity index is 1.73. The minimum Gasteiger partial charge on any atom is -0.454 e. The van der Waals surface area contributed by atoms with E-state index in [1.807, 2.05) is 0 Å². The first-order valence-corrected chi connectivity index (χ1v) is 10.6. The van der Waals surface area contributed by atoms with Crippen LogP contribution in [0.25, 0.3) is 0 Å². The number of hydrogen-bond donors (Lipinski definition) is 0. The van der Waals surface area contributed by atoms with Crippen LogP contribution in [0.2, 0.25) is 5.02 Å². The fourth-order valence-electron chi connectivity index (χ4n) is 4.63. The highest BCUT2D eigenvalue weighted by Crippen LogP contribution is 2.42. The van der Waals surface area contributed by atoms with Crippen molar-refractivity contribution in [1.82, 2.24) is 4.90 Å². The second-order valence-corrected chi connectivity index (χ2v) is 9.85. The van der Waals surface area contributed by atoms with E-state index in [2.05, 4.69) is 45.7 Å². The van der Waals surface area contributed by atoms with E-state index < -0.39 is 0 Å². The van der Waals surface area contributed by atoms with Crippen molar-refractivity contribution in [2.45, 2.75) is 58.0 Å². The first-order chi connectivity index (χ1) is 14.0. The van der Waals surface area contributed by atoms with E-state index in [9.17, 15) is 10.1 Å². The van der Waals surface area contributed by atoms with Crippen LogP contribution in [0.4, 0.5) is 0 Å². The lowest BCUT2D eigenvalue weighted by molar-refractivity contribution is -0.0300. The number of benzene rings is 2. The molecule has 0 aromatic heterocycles. The van der Waals surface area contributed by atoms with Gasteiger partial charge in [-0.3, -0.25) is 9.69 Å². The monoisotopic (exact) mass is 424 g/mol. The molecule has 1 fully saturated rings. The van der Waals surface area contributed by atoms with E-state index in [0.29, 0.717) is 40.0 Å². The molecule has 3 rings (SSSR count). The van der Waals surface area contributed by atoms with E-state index in [1.54, 1.807) is 42.5 Å². The maximum atomic E-state index is 13.0. The minimum atomic E-state index is 0.0518. The Bertz CT molecular complexity index is 973. The van der Waals surface area contributed by atoms with Gasteiger partial charge >= 0.3 is 0 Å². The second kappa shape index (κ2) is 8.41. The number of ketones is 1. The Morgan fingerprint density at radius 1 is 1.13 bits per heavy atom. The third kappa shape index (κ3) is 4.69. The third-order valence-corrected chi connectivity index (χ3v) is 6.64. The normalized spacial score (nSPS) is 18.6. The van der Waals surface area contributed by atoms with Gasteiger partial charge in [-0.05, 0) is 83.8 Å². The number of rotatable bonds is 5. The molecule has 1 aliphatic heterocycles. The molecule has 30 heavy (non-hydrogen) atoms. The number of hydrogen-bond acceptors (Lipinski definition) is 4. The van der Waals surface area contributed by atoms with Crippen molar-refractivity contribution >= 4 is 17.4 Å². The van der Waals surface area contributed by atoms with Gasteiger partial charge in [0.1, 0.15) is 17.6 Å². The molecule has 5 heteroatoms. The van der Waals surface area contributed by atoms with Crippen LogP contribution in [0.5, 0.6) is 11.5 Å². The summed E-state index contributed by atoms with van der Waals surface area (Å²) >= 11 is 6.40. The fraction of sp³-hybridized carbons (Fsp3) is 0.440. The molecule has 0 unspecified atom stereocenters. The number of halogens is 1. The zero-order valence-corrected chi connectivity index (χ0v) is 19.1. The predicted molar refractivity (Wildman–Crippen MR) is 120 cm³/mol. The zero-order chi connectivity index (χ0) is 22.1. The van der Waals surface area contributed by atoms with E-state index in [4.69, 9.17) is 16.3 Å². The molecule has 1 saturated heterocycles. The van der Waals surface area contributed by atoms with Crippen LogP contribution in [0.3, 0.4) is 0 Å². The zero-order valence-electron chi connectivity index (χ0n) is 18.3. The number of nitrogens with zero attached hydrogens (tertiary/aromatic N) is 2. The topological polar surface area (TPSA) is 53.3 Å². The molecule has 0 amide bonds. The summed E-state index contributed by atoms with van der Waals surface area (Å²) in [6.07, 6.45) is 2.48. The van der Waals surface area contributed by atoms with Gasteiger partial charge in [0.2, 0.25) is 0 Å². The Morgan fingerprint density at radius 2 is 1.77 bits per heavy atom. The number of carbonyl (C=O) groups excluding carboxylic acids is 1. The SMILES string of the molecule is CN1C(C)(C)CC(CC(=O)c2ccc(Oc3ccccc3C#N)c(Cl)c2)CC1(C)C. The molecule has 2 aromatic rings. The molecule has 0 aliphatic carbocycles. The molecule has 0 bridgehead atoms. The Hall–Kier alpha value is -2.35. The maximum absolute atomic E-state index is 13.0. The molecule has 1 aliphatic rings. The lowest BCUT2D eigenvalue weighted by Gasteiger charge is -2.53. The van der Waals surface area contributed by atoms with E-state index in [1.165, 1.54) is 0 Å². The molecule has 4 nitrogen and oxygen atoms in total. The first kappa shape index (κ1) is 22.3. The van der Waals surface area contributed by atoms with Gasteiger partial charge in [-0.2, -0.15) is 5.26 Å². The average molecular weight is 425 g/mol. The van der Waals surface area contributed by atoms with E-state index in [-0.39, 0.29) is 16.9 Å². The molecule has 0 N–H and O–H groups in total. The van der Waals surface area contributed by atoms with Gasteiger partial charge in [-0.1, -0.05) is 23.7 Å². The van der Waals surface area contributed by atoms with Gasteiger partial charge < -0.3 is 4.74 Å². The van der Waals surface area contributed by atoms with Gasteiger partial charge in [-0.25, -0.2) is 0 Å². The van der Waals surface area contributed by atoms with Crippen LogP contribution in [0.15, 0.2) is 42.5 Å². The average Bonchev–Trinajstić information content (AvgIpc) is 2.67. The molecule has 1 heterocycles. The van der Waals surface area contributed by atoms with E-state index >= 15 is 0 Å². The maximum Gasteiger partial charge on any atom is 0.163 e. The molecule has 0 spiro atoms. The van der Waals surface area contributed by atoms with Crippen molar-refractivity contribution < 1.29 is 9.53 Å². The number of para-hydroxylation sites is 1. The number of piperidine rings is 1. The standard InChI is InChI=1S/C25H29ClN2O2/c1-24(2)14-17(15-25(3,4)28(24)5)12-21(29)18-10-11-23(20(26)13-18)30-22-9-7-6-8-19(22)16-27/h6-11,13,17H,12,14-15H2,1-5H3. The van der Waals surface area contributed by atoms with Gasteiger partial charge in [-0.15, -0.1) is 0 Å². The van der Waals surface area contributed by atoms with Crippen molar-refractivity contribution in [3.05, 3.63) is 58.6 Å². The molecule has 0 atom stereocenters. The highest BCUT2D eigenvalue weighted by atomic mass is 35.5. The molecule has 158 valence electrons. The number of likely N-dealkylation sites (tertiary alicyclic amines) is 1. The summed E-state index contributed by atoms with van der Waals surface area (Å²) in [5.41, 5.74) is 1.13. The van der Waals surface area contributed by atoms with Gasteiger partial charge in [0.25, 0.3) is 0 Å². The van der Waals surface area contributed by atoms with Gasteiger partial charge in [0.05, 0.1) is 10.6 Å². The minimum absolute atomic E-state index is 0.0518. The lowest BCUT2D eigenvalue weighted by atomic mass is 9.72. The van der Waals surface area contributed by atoms with Gasteiger partial charge in [0, 0.05) is 23.1 Å². The highest BCUT2D eigenvalue weighted by molar-refractivity contribution is 6.32. The summed E-state index contributed by atoms with van der Waals surface area (Å²) in [6, 6.07) is 14.2. The molecule has 2 aromatic carbocycles. The highest BCUT2D eigenvalue weighted by Gasteiger charge is 2.43. The summed E-state index contributed by atoms with van der Waals surface area (Å²) in [5, 5.41) is 9.58. The summed E-state index contributed by atoms with van der Waals surface area (Å²) in [6.45, 7) is 8.97. The molecular formula is C25H29ClN2O2. The van der Waals surface area contributed by atoms with Crippen LogP contribution in [-0.4, -0.2) is 28.8 Å². The van der Waals surface area contributed by atoms with Crippen molar-refractivity contribution in [1.29, 1.82) is 5.26 Å². The second-order valence-electron chi connectivity index (χ2n) is 9.44. The summed E-state index contributed by atoms with van der Waals surface area (Å²) in [5.74, 6) is 1.30. The number of Topliss-reactive ketones (excluding diaryl/α,β-unsaturated/α-hetero) is 1. The Labute approximate surface area is 184 Å². The largest absolute Gasteiger partial charge is 0.454 e. The predicted octanol–water partition coefficient (Wildman–Crippen LogP) is 6.48. The Kier molecular flexibility index (Phi) is 6.26. The van der Waals surface area contributed by atoms with Crippen LogP contribution >= 0.6 is 11.6 Å². The number of nitriles is 1. The van der Waals surface area contributed by atoms with Crippen LogP contribution in [0, 0.1) is 17.2 Å². The van der Waals surface area contributed by atoms with Crippen molar-refractivity contribution in [3.8, 4) is 17.6 Å². The number of ether oxygens (including phenoxy) is 1. The van der Waals surface area contributed by atoms with E-state index in [0.717, 1.165) is 12.8 Å². The molecule has 0 radical (unpaired) electrons. The quantitative estimate of drug-likeness (QED) is 0.515. The molecular weight excluding hydrogens is 396 g/mol. The molecule has 0 saturated carbocycles. The van der Waals surface area contributed by atoms with Crippen LogP contribution < -0.4 is 4.74 Å². The third-order valence-electron chi connectivity index (χ3n) is 6.35. The summed E-state index contributed by atoms with van der Waals surface area (Å²) in [4.78, 5) is 15.4. The van der Waals surface area contributed by atoms with Crippen molar-refractivity contribution in [2.24, 2.45) is 5.92 Å². The smallest absolute Gasteiger partial charge is 0.163 e. The Morgan fingerprint density at radius 3 is 2.37 bits per heavy atom. The van der Waals surface area contributed by atoms with Crippen LogP contribution in [0.1, 0.15) is 62.9 Å².